The van der Waals surface area contributed by atoms with E-state index in [1.807, 2.05) is 60.0 Å². The van der Waals surface area contributed by atoms with Crippen molar-refractivity contribution in [2.45, 2.75) is 103 Å². The molecule has 58 heavy (non-hydrogen) atoms. The number of anilines is 1. The van der Waals surface area contributed by atoms with Crippen LogP contribution in [-0.4, -0.2) is 132 Å². The highest BCUT2D eigenvalue weighted by atomic mass is 16.8. The number of para-hydroxylation sites is 1. The fraction of sp³-hybridized carbons (Fsp3) is 0.605. The molecular weight excluding hydrogens is 746 g/mol. The maximum atomic E-state index is 14.2. The van der Waals surface area contributed by atoms with E-state index in [4.69, 9.17) is 14.2 Å². The summed E-state index contributed by atoms with van der Waals surface area (Å²) in [6, 6.07) is 11.7. The predicted molar refractivity (Wildman–Crippen MR) is 214 cm³/mol. The molecular formula is C43H59N5O10. The molecule has 3 saturated heterocycles. The third-order valence-electron chi connectivity index (χ3n) is 12.2. The molecule has 3 fully saturated rings. The predicted octanol–water partition coefficient (Wildman–Crippen LogP) is 5.77. The van der Waals surface area contributed by atoms with Crippen molar-refractivity contribution in [1.82, 2.24) is 19.6 Å². The van der Waals surface area contributed by atoms with Gasteiger partial charge in [0.1, 0.15) is 5.75 Å². The Morgan fingerprint density at radius 3 is 2.17 bits per heavy atom. The maximum absolute atomic E-state index is 14.2. The number of esters is 1. The third-order valence-corrected chi connectivity index (χ3v) is 12.2. The number of hydrogen-bond donors (Lipinski definition) is 2. The molecule has 4 aliphatic rings. The first-order chi connectivity index (χ1) is 28.0. The van der Waals surface area contributed by atoms with Gasteiger partial charge in [-0.25, -0.2) is 14.4 Å². The number of benzene rings is 2. The Morgan fingerprint density at radius 1 is 0.828 bits per heavy atom. The van der Waals surface area contributed by atoms with E-state index in [1.165, 1.54) is 0 Å². The molecule has 15 heteroatoms. The number of nitrogens with one attached hydrogen (secondary N) is 1. The number of likely N-dealkylation sites (tertiary alicyclic amines) is 3. The van der Waals surface area contributed by atoms with Crippen molar-refractivity contribution >= 4 is 35.8 Å². The summed E-state index contributed by atoms with van der Waals surface area (Å²) in [5, 5.41) is 13.4. The molecule has 0 aromatic heterocycles. The second-order valence-corrected chi connectivity index (χ2v) is 15.9. The van der Waals surface area contributed by atoms with Crippen molar-refractivity contribution in [3.63, 3.8) is 0 Å². The van der Waals surface area contributed by atoms with Gasteiger partial charge in [-0.2, -0.15) is 0 Å². The second-order valence-electron chi connectivity index (χ2n) is 15.9. The largest absolute Gasteiger partial charge is 0.511 e. The number of fused-ring (bicyclic) bond motifs is 1. The Morgan fingerprint density at radius 2 is 1.48 bits per heavy atom. The quantitative estimate of drug-likeness (QED) is 0.152. The minimum absolute atomic E-state index is 0.0136. The number of carbonyl (C=O) groups excluding carboxylic acids is 5. The summed E-state index contributed by atoms with van der Waals surface area (Å²) in [5.74, 6) is -0.0146. The van der Waals surface area contributed by atoms with Crippen LogP contribution in [0.5, 0.6) is 5.75 Å². The van der Waals surface area contributed by atoms with Crippen LogP contribution in [0.15, 0.2) is 36.4 Å². The van der Waals surface area contributed by atoms with Crippen molar-refractivity contribution in [1.29, 1.82) is 0 Å². The zero-order valence-corrected chi connectivity index (χ0v) is 34.1. The highest BCUT2D eigenvalue weighted by molar-refractivity contribution is 5.91. The molecule has 2 aromatic carbocycles. The first kappa shape index (κ1) is 42.6. The lowest BCUT2D eigenvalue weighted by atomic mass is 9.90. The Kier molecular flexibility index (Phi) is 14.7. The molecule has 4 amide bonds. The lowest BCUT2D eigenvalue weighted by Gasteiger charge is -2.42. The van der Waals surface area contributed by atoms with Gasteiger partial charge in [-0.1, -0.05) is 30.3 Å². The second kappa shape index (κ2) is 20.1. The number of aromatic hydroxyl groups is 1. The molecule has 4 heterocycles. The lowest BCUT2D eigenvalue weighted by Crippen LogP contribution is -2.53. The van der Waals surface area contributed by atoms with E-state index in [2.05, 4.69) is 15.0 Å². The Hall–Kier alpha value is -5.05. The molecule has 15 nitrogen and oxygen atoms in total. The minimum Gasteiger partial charge on any atom is -0.507 e. The zero-order chi connectivity index (χ0) is 41.2. The zero-order valence-electron chi connectivity index (χ0n) is 34.1. The van der Waals surface area contributed by atoms with Gasteiger partial charge in [0.25, 0.3) is 5.91 Å². The standard InChI is InChI=1S/C43H59N5O10/c1-4-55-43(54)57-28-56-38(49)10-9-31-11-18-45(19-12-31)34-14-20-46(21-15-34)40(51)37(27-32-25-29(2)39(50)30(3)26-32)58-42(53)47-22-16-35(17-23-47)48-24-13-33-7-5-6-8-36(33)44-41(48)52/h5-8,25-26,31,34-35,37,50H,4,9-24,27-28H2,1-3H3,(H,44,52)/t37-/m1/s1. The van der Waals surface area contributed by atoms with Crippen LogP contribution in [0.1, 0.15) is 80.5 Å². The van der Waals surface area contributed by atoms with E-state index >= 15 is 0 Å². The van der Waals surface area contributed by atoms with E-state index in [9.17, 15) is 29.1 Å². The molecule has 2 N–H and O–H groups in total. The number of ether oxygens (including phenoxy) is 4. The number of phenols is 1. The fourth-order valence-electron chi connectivity index (χ4n) is 8.81. The summed E-state index contributed by atoms with van der Waals surface area (Å²) in [6.45, 7) is 9.39. The van der Waals surface area contributed by atoms with Crippen LogP contribution in [0.3, 0.4) is 0 Å². The first-order valence-electron chi connectivity index (χ1n) is 20.9. The van der Waals surface area contributed by atoms with Crippen LogP contribution in [0.4, 0.5) is 20.1 Å². The van der Waals surface area contributed by atoms with Crippen LogP contribution >= 0.6 is 0 Å². The van der Waals surface area contributed by atoms with Gasteiger partial charge >= 0.3 is 24.2 Å². The van der Waals surface area contributed by atoms with Crippen molar-refractivity contribution in [3.8, 4) is 5.75 Å². The molecule has 0 unspecified atom stereocenters. The van der Waals surface area contributed by atoms with Crippen molar-refractivity contribution in [3.05, 3.63) is 58.7 Å². The number of aryl methyl sites for hydroxylation is 2. The SMILES string of the molecule is CCOC(=O)OCOC(=O)CCC1CCN(C2CCN(C(=O)[C@@H](Cc3cc(C)c(O)c(C)c3)OC(=O)N3CCC(N4CCc5ccccc5NC4=O)CC3)CC2)CC1. The van der Waals surface area contributed by atoms with Gasteiger partial charge in [0.15, 0.2) is 6.10 Å². The van der Waals surface area contributed by atoms with Gasteiger partial charge in [0.2, 0.25) is 6.79 Å². The Bertz CT molecular complexity index is 1740. The molecule has 0 saturated carbocycles. The average Bonchev–Trinajstić information content (AvgIpc) is 3.40. The van der Waals surface area contributed by atoms with Gasteiger partial charge < -0.3 is 49.0 Å². The average molecular weight is 806 g/mol. The molecule has 316 valence electrons. The highest BCUT2D eigenvalue weighted by Crippen LogP contribution is 2.29. The highest BCUT2D eigenvalue weighted by Gasteiger charge is 2.37. The summed E-state index contributed by atoms with van der Waals surface area (Å²) >= 11 is 0. The van der Waals surface area contributed by atoms with E-state index in [0.29, 0.717) is 75.1 Å². The van der Waals surface area contributed by atoms with Crippen LogP contribution in [0.25, 0.3) is 0 Å². The lowest BCUT2D eigenvalue weighted by molar-refractivity contribution is -0.153. The van der Waals surface area contributed by atoms with E-state index in [0.717, 1.165) is 62.0 Å². The van der Waals surface area contributed by atoms with E-state index in [-0.39, 0.29) is 43.2 Å². The molecule has 0 spiro atoms. The van der Waals surface area contributed by atoms with Crippen molar-refractivity contribution < 1.29 is 48.0 Å². The summed E-state index contributed by atoms with van der Waals surface area (Å²) < 4.78 is 20.4. The number of carbonyl (C=O) groups is 5. The summed E-state index contributed by atoms with van der Waals surface area (Å²) in [4.78, 5) is 72.3. The summed E-state index contributed by atoms with van der Waals surface area (Å²) in [5.41, 5.74) is 4.14. The topological polar surface area (TPSA) is 167 Å². The van der Waals surface area contributed by atoms with E-state index in [1.54, 1.807) is 11.8 Å². The van der Waals surface area contributed by atoms with Crippen LogP contribution < -0.4 is 5.32 Å². The van der Waals surface area contributed by atoms with Crippen molar-refractivity contribution in [2.24, 2.45) is 5.92 Å². The van der Waals surface area contributed by atoms with Crippen LogP contribution in [0.2, 0.25) is 0 Å². The van der Waals surface area contributed by atoms with Gasteiger partial charge in [0, 0.05) is 63.3 Å². The van der Waals surface area contributed by atoms with Crippen LogP contribution in [0, 0.1) is 19.8 Å². The smallest absolute Gasteiger partial charge is 0.507 e. The van der Waals surface area contributed by atoms with Crippen LogP contribution in [-0.2, 0) is 41.4 Å². The molecule has 0 bridgehead atoms. The minimum atomic E-state index is -1.03. The van der Waals surface area contributed by atoms with E-state index < -0.39 is 31.1 Å². The number of phenolic OH excluding ortho intramolecular Hbond substituents is 1. The molecule has 2 aromatic rings. The molecule has 4 aliphatic heterocycles. The maximum Gasteiger partial charge on any atom is 0.511 e. The Balaban J connectivity index is 0.986. The number of amides is 4. The molecule has 1 atom stereocenters. The molecule has 0 aliphatic carbocycles. The van der Waals surface area contributed by atoms with Gasteiger partial charge in [0.05, 0.1) is 6.61 Å². The van der Waals surface area contributed by atoms with Gasteiger partial charge in [-0.3, -0.25) is 9.59 Å². The first-order valence-corrected chi connectivity index (χ1v) is 20.9. The normalized spacial score (nSPS) is 19.1. The number of hydrogen-bond acceptors (Lipinski definition) is 11. The van der Waals surface area contributed by atoms with Crippen molar-refractivity contribution in [2.75, 3.05) is 64.5 Å². The molecule has 0 radical (unpaired) electrons. The Labute approximate surface area is 340 Å². The third kappa shape index (κ3) is 11.1. The summed E-state index contributed by atoms with van der Waals surface area (Å²) in [7, 11) is 0. The number of nitrogens with zero attached hydrogens (tertiary/aromatic N) is 4. The van der Waals surface area contributed by atoms with Gasteiger partial charge in [-0.05, 0) is 119 Å². The number of urea groups is 1. The van der Waals surface area contributed by atoms with Gasteiger partial charge in [-0.15, -0.1) is 0 Å². The number of piperidine rings is 3. The molecule has 6 rings (SSSR count). The summed E-state index contributed by atoms with van der Waals surface area (Å²) in [6.07, 6.45) is 4.26. The fourth-order valence-corrected chi connectivity index (χ4v) is 8.81. The number of rotatable bonds is 12. The monoisotopic (exact) mass is 805 g/mol.